The normalized spacial score (nSPS) is 22.0. The average molecular weight is 480 g/mol. The van der Waals surface area contributed by atoms with Gasteiger partial charge in [0.2, 0.25) is 0 Å². The predicted octanol–water partition coefficient (Wildman–Crippen LogP) is 6.18. The highest BCUT2D eigenvalue weighted by molar-refractivity contribution is 9.10. The van der Waals surface area contributed by atoms with Gasteiger partial charge in [0.15, 0.2) is 11.6 Å². The summed E-state index contributed by atoms with van der Waals surface area (Å²) in [5.41, 5.74) is -1.94. The lowest BCUT2D eigenvalue weighted by atomic mass is 10.1. The lowest BCUT2D eigenvalue weighted by molar-refractivity contribution is -0.147. The number of allylic oxidation sites excluding steroid dienone is 2. The van der Waals surface area contributed by atoms with E-state index in [1.165, 1.54) is 0 Å². The first-order valence-corrected chi connectivity index (χ1v) is 8.80. The van der Waals surface area contributed by atoms with Crippen LogP contribution >= 0.6 is 27.5 Å². The van der Waals surface area contributed by atoms with Crippen LogP contribution in [0.3, 0.4) is 0 Å². The van der Waals surface area contributed by atoms with Gasteiger partial charge < -0.3 is 4.74 Å². The molecule has 0 heterocycles. The van der Waals surface area contributed by atoms with Crippen molar-refractivity contribution in [3.8, 4) is 0 Å². The van der Waals surface area contributed by atoms with Crippen molar-refractivity contribution < 1.29 is 35.9 Å². The van der Waals surface area contributed by atoms with Gasteiger partial charge in [-0.15, -0.1) is 0 Å². The zero-order valence-corrected chi connectivity index (χ0v) is 16.6. The molecule has 0 spiro atoms. The van der Waals surface area contributed by atoms with Gasteiger partial charge in [-0.05, 0) is 34.2 Å². The maximum Gasteiger partial charge on any atom is 0.426 e. The van der Waals surface area contributed by atoms with Crippen molar-refractivity contribution in [3.63, 3.8) is 0 Å². The summed E-state index contributed by atoms with van der Waals surface area (Å²) in [7, 11) is 0. The van der Waals surface area contributed by atoms with Crippen LogP contribution in [0.5, 0.6) is 0 Å². The van der Waals surface area contributed by atoms with Crippen LogP contribution in [0, 0.1) is 41.6 Å². The van der Waals surface area contributed by atoms with E-state index < -0.39 is 74.1 Å². The minimum Gasteiger partial charge on any atom is -0.460 e. The number of carbonyl (C=O) groups excluding carboxylic acids is 1. The van der Waals surface area contributed by atoms with Crippen LogP contribution in [0.25, 0.3) is 0 Å². The molecule has 0 bridgehead atoms. The molecule has 2 nitrogen and oxygen atoms in total. The fourth-order valence-electron chi connectivity index (χ4n) is 2.84. The lowest BCUT2D eigenvalue weighted by Crippen LogP contribution is -2.13. The summed E-state index contributed by atoms with van der Waals surface area (Å²) in [6.45, 7) is 3.35. The van der Waals surface area contributed by atoms with Crippen molar-refractivity contribution in [1.29, 1.82) is 0 Å². The number of benzene rings is 1. The second-order valence-electron chi connectivity index (χ2n) is 6.80. The Morgan fingerprint density at radius 1 is 1.22 bits per heavy atom. The van der Waals surface area contributed by atoms with Crippen molar-refractivity contribution in [2.24, 2.45) is 17.3 Å². The quantitative estimate of drug-likeness (QED) is 0.293. The van der Waals surface area contributed by atoms with Crippen LogP contribution in [0.4, 0.5) is 26.3 Å². The molecular weight excluding hydrogens is 466 g/mol. The molecule has 150 valence electrons. The Hall–Kier alpha value is -1.22. The SMILES string of the molecule is Cc1c(F)c(F)c(COC(=O)[C@@H]2[C@H](/C=C(\Cl)C(F)(F)F)C2(C)C)c(Br)c1F. The van der Waals surface area contributed by atoms with Crippen LogP contribution in [0.15, 0.2) is 15.6 Å². The van der Waals surface area contributed by atoms with E-state index in [-0.39, 0.29) is 0 Å². The number of ether oxygens (including phenoxy) is 1. The molecule has 2 atom stereocenters. The smallest absolute Gasteiger partial charge is 0.426 e. The average Bonchev–Trinajstić information content (AvgIpc) is 3.10. The van der Waals surface area contributed by atoms with E-state index in [4.69, 9.17) is 16.3 Å². The first-order valence-electron chi connectivity index (χ1n) is 7.63. The van der Waals surface area contributed by atoms with E-state index in [0.29, 0.717) is 0 Å². The van der Waals surface area contributed by atoms with Crippen molar-refractivity contribution in [2.75, 3.05) is 0 Å². The van der Waals surface area contributed by atoms with Gasteiger partial charge >= 0.3 is 12.1 Å². The molecule has 1 aromatic carbocycles. The molecule has 1 saturated carbocycles. The molecule has 1 fully saturated rings. The maximum absolute atomic E-state index is 14.0. The number of carbonyl (C=O) groups is 1. The van der Waals surface area contributed by atoms with Crippen LogP contribution in [0.1, 0.15) is 25.0 Å². The van der Waals surface area contributed by atoms with Crippen molar-refractivity contribution in [1.82, 2.24) is 0 Å². The molecule has 10 heteroatoms. The Labute approximate surface area is 164 Å². The molecular formula is C17H14BrClF6O2. The Kier molecular flexibility index (Phi) is 5.98. The van der Waals surface area contributed by atoms with Crippen molar-refractivity contribution in [3.05, 3.63) is 44.2 Å². The Morgan fingerprint density at radius 2 is 1.78 bits per heavy atom. The third-order valence-corrected chi connectivity index (χ3v) is 5.86. The molecule has 27 heavy (non-hydrogen) atoms. The summed E-state index contributed by atoms with van der Waals surface area (Å²) < 4.78 is 83.7. The Morgan fingerprint density at radius 3 is 2.30 bits per heavy atom. The number of esters is 1. The molecule has 0 unspecified atom stereocenters. The second-order valence-corrected chi connectivity index (χ2v) is 8.00. The van der Waals surface area contributed by atoms with Gasteiger partial charge in [-0.1, -0.05) is 31.5 Å². The zero-order valence-electron chi connectivity index (χ0n) is 14.3. The fourth-order valence-corrected chi connectivity index (χ4v) is 3.56. The monoisotopic (exact) mass is 478 g/mol. The third kappa shape index (κ3) is 4.13. The molecule has 1 aliphatic rings. The summed E-state index contributed by atoms with van der Waals surface area (Å²) in [4.78, 5) is 12.2. The van der Waals surface area contributed by atoms with Gasteiger partial charge in [-0.3, -0.25) is 4.79 Å². The lowest BCUT2D eigenvalue weighted by Gasteiger charge is -2.12. The van der Waals surface area contributed by atoms with Gasteiger partial charge in [-0.25, -0.2) is 13.2 Å². The molecule has 1 aliphatic carbocycles. The number of rotatable bonds is 4. The summed E-state index contributed by atoms with van der Waals surface area (Å²) in [5.74, 6) is -6.52. The maximum atomic E-state index is 14.0. The van der Waals surface area contributed by atoms with E-state index in [0.717, 1.165) is 13.0 Å². The standard InChI is InChI=1S/C17H14BrClF6O2/c1-6-12(20)11(18)7(14(22)13(6)21)5-27-15(26)10-8(16(10,2)3)4-9(19)17(23,24)25/h4,8,10H,5H2,1-3H3/b9-4-/t8-,10-/m0/s1. The summed E-state index contributed by atoms with van der Waals surface area (Å²) >= 11 is 7.98. The van der Waals surface area contributed by atoms with Gasteiger partial charge in [0.25, 0.3) is 0 Å². The largest absolute Gasteiger partial charge is 0.460 e. The van der Waals surface area contributed by atoms with E-state index in [2.05, 4.69) is 15.9 Å². The molecule has 0 aromatic heterocycles. The van der Waals surface area contributed by atoms with E-state index in [1.54, 1.807) is 13.8 Å². The second kappa shape index (κ2) is 7.31. The minimum atomic E-state index is -4.74. The number of hydrogen-bond acceptors (Lipinski definition) is 2. The zero-order chi connectivity index (χ0) is 20.9. The predicted molar refractivity (Wildman–Crippen MR) is 89.3 cm³/mol. The van der Waals surface area contributed by atoms with E-state index >= 15 is 0 Å². The molecule has 0 aliphatic heterocycles. The third-order valence-electron chi connectivity index (χ3n) is 4.69. The molecule has 0 radical (unpaired) electrons. The number of halogens is 8. The highest BCUT2D eigenvalue weighted by Gasteiger charge is 2.62. The topological polar surface area (TPSA) is 26.3 Å². The van der Waals surface area contributed by atoms with E-state index in [9.17, 15) is 31.1 Å². The minimum absolute atomic E-state index is 0.390. The van der Waals surface area contributed by atoms with Gasteiger partial charge in [0, 0.05) is 11.1 Å². The van der Waals surface area contributed by atoms with Crippen LogP contribution in [-0.2, 0) is 16.1 Å². The number of alkyl halides is 3. The number of hydrogen-bond donors (Lipinski definition) is 0. The summed E-state index contributed by atoms with van der Waals surface area (Å²) in [5, 5.41) is -1.35. The molecule has 0 saturated heterocycles. The van der Waals surface area contributed by atoms with Gasteiger partial charge in [-0.2, -0.15) is 13.2 Å². The van der Waals surface area contributed by atoms with Gasteiger partial charge in [0.05, 0.1) is 10.4 Å². The first-order chi connectivity index (χ1) is 12.2. The fraction of sp³-hybridized carbons (Fsp3) is 0.471. The summed E-state index contributed by atoms with van der Waals surface area (Å²) in [6, 6.07) is 0. The van der Waals surface area contributed by atoms with Crippen molar-refractivity contribution >= 4 is 33.5 Å². The Balaban J connectivity index is 2.16. The molecule has 0 N–H and O–H groups in total. The first kappa shape index (κ1) is 22.1. The highest BCUT2D eigenvalue weighted by atomic mass is 79.9. The molecule has 2 rings (SSSR count). The van der Waals surface area contributed by atoms with Crippen molar-refractivity contribution in [2.45, 2.75) is 33.6 Å². The molecule has 0 amide bonds. The molecule has 1 aromatic rings. The van der Waals surface area contributed by atoms with Gasteiger partial charge in [0.1, 0.15) is 17.5 Å². The highest BCUT2D eigenvalue weighted by Crippen LogP contribution is 2.60. The van der Waals surface area contributed by atoms with Crippen LogP contribution in [-0.4, -0.2) is 12.1 Å². The summed E-state index contributed by atoms with van der Waals surface area (Å²) in [6.07, 6.45) is -4.01. The van der Waals surface area contributed by atoms with Crippen LogP contribution < -0.4 is 0 Å². The van der Waals surface area contributed by atoms with Crippen LogP contribution in [0.2, 0.25) is 0 Å². The Bertz CT molecular complexity index is 790. The van der Waals surface area contributed by atoms with E-state index in [1.807, 2.05) is 0 Å².